The molecule has 1 heterocycles. The Labute approximate surface area is 207 Å². The summed E-state index contributed by atoms with van der Waals surface area (Å²) in [6.07, 6.45) is 1.86. The van der Waals surface area contributed by atoms with Gasteiger partial charge in [0.15, 0.2) is 0 Å². The predicted molar refractivity (Wildman–Crippen MR) is 148 cm³/mol. The van der Waals surface area contributed by atoms with Gasteiger partial charge in [0.2, 0.25) is 0 Å². The van der Waals surface area contributed by atoms with Gasteiger partial charge in [-0.2, -0.15) is 0 Å². The maximum atomic E-state index is 15.2. The van der Waals surface area contributed by atoms with Crippen LogP contribution in [0, 0.1) is 19.7 Å². The highest BCUT2D eigenvalue weighted by Gasteiger charge is 2.20. The molecule has 5 aromatic rings. The van der Waals surface area contributed by atoms with Crippen molar-refractivity contribution in [1.29, 1.82) is 0 Å². The van der Waals surface area contributed by atoms with Crippen LogP contribution in [0.25, 0.3) is 43.9 Å². The van der Waals surface area contributed by atoms with Crippen LogP contribution in [-0.2, 0) is 0 Å². The first-order valence-electron chi connectivity index (χ1n) is 12.5. The molecular weight excluding hydrogens is 429 g/mol. The van der Waals surface area contributed by atoms with Gasteiger partial charge in [-0.15, -0.1) is 0 Å². The normalized spacial score (nSPS) is 11.8. The first-order chi connectivity index (χ1) is 16.8. The Morgan fingerprint density at radius 3 is 1.94 bits per heavy atom. The average molecular weight is 462 g/mol. The second-order valence-corrected chi connectivity index (χ2v) is 10.3. The molecule has 0 aliphatic carbocycles. The summed E-state index contributed by atoms with van der Waals surface area (Å²) >= 11 is 0. The highest BCUT2D eigenvalue weighted by Crippen LogP contribution is 2.43. The lowest BCUT2D eigenvalue weighted by atomic mass is 9.82. The Kier molecular flexibility index (Phi) is 5.92. The molecule has 35 heavy (non-hydrogen) atoms. The minimum Gasteiger partial charge on any atom is -0.256 e. The van der Waals surface area contributed by atoms with Crippen molar-refractivity contribution in [2.45, 2.75) is 53.4 Å². The molecule has 0 amide bonds. The van der Waals surface area contributed by atoms with Gasteiger partial charge in [0.1, 0.15) is 5.82 Å². The number of nitrogens with zero attached hydrogens (tertiary/aromatic N) is 1. The summed E-state index contributed by atoms with van der Waals surface area (Å²) in [4.78, 5) is 4.79. The molecule has 0 bridgehead atoms. The molecule has 0 saturated carbocycles. The minimum atomic E-state index is -0.191. The van der Waals surface area contributed by atoms with Crippen molar-refractivity contribution in [3.8, 4) is 22.4 Å². The van der Waals surface area contributed by atoms with Gasteiger partial charge >= 0.3 is 0 Å². The largest absolute Gasteiger partial charge is 0.256 e. The van der Waals surface area contributed by atoms with Crippen LogP contribution in [0.15, 0.2) is 72.9 Å². The van der Waals surface area contributed by atoms with Gasteiger partial charge in [0, 0.05) is 27.9 Å². The number of pyridine rings is 1. The average Bonchev–Trinajstić information content (AvgIpc) is 2.82. The van der Waals surface area contributed by atoms with Crippen LogP contribution < -0.4 is 0 Å². The van der Waals surface area contributed by atoms with E-state index in [2.05, 4.69) is 77.9 Å². The number of halogens is 1. The summed E-state index contributed by atoms with van der Waals surface area (Å²) in [7, 11) is 0. The van der Waals surface area contributed by atoms with Crippen LogP contribution in [0.5, 0.6) is 0 Å². The van der Waals surface area contributed by atoms with Crippen LogP contribution in [-0.4, -0.2) is 4.98 Å². The smallest absolute Gasteiger partial charge is 0.131 e. The van der Waals surface area contributed by atoms with Gasteiger partial charge < -0.3 is 0 Å². The van der Waals surface area contributed by atoms with E-state index in [1.807, 2.05) is 30.5 Å². The Bertz CT molecular complexity index is 1530. The van der Waals surface area contributed by atoms with E-state index >= 15 is 4.39 Å². The molecule has 1 aromatic heterocycles. The second-order valence-electron chi connectivity index (χ2n) is 10.3. The van der Waals surface area contributed by atoms with Gasteiger partial charge in [0.25, 0.3) is 0 Å². The maximum absolute atomic E-state index is 15.2. The maximum Gasteiger partial charge on any atom is 0.131 e. The third-order valence-corrected chi connectivity index (χ3v) is 7.01. The van der Waals surface area contributed by atoms with Crippen LogP contribution >= 0.6 is 0 Å². The number of hydrogen-bond donors (Lipinski definition) is 0. The lowest BCUT2D eigenvalue weighted by molar-refractivity contribution is 0.640. The number of rotatable bonds is 4. The molecule has 1 nitrogen and oxygen atoms in total. The molecule has 0 unspecified atom stereocenters. The zero-order chi connectivity index (χ0) is 24.9. The fraction of sp³-hybridized carbons (Fsp3) is 0.242. The molecule has 0 atom stereocenters. The van der Waals surface area contributed by atoms with Crippen molar-refractivity contribution >= 4 is 21.5 Å². The van der Waals surface area contributed by atoms with Crippen molar-refractivity contribution in [3.63, 3.8) is 0 Å². The fourth-order valence-electron chi connectivity index (χ4n) is 5.49. The van der Waals surface area contributed by atoms with E-state index in [1.54, 1.807) is 6.07 Å². The SMILES string of the molecule is Cc1cc(C)cc(-c2nccc3c2ccc2c(F)ccc(-c4c(C(C)C)cccc4C(C)C)c23)c1. The first-order valence-corrected chi connectivity index (χ1v) is 12.5. The highest BCUT2D eigenvalue weighted by atomic mass is 19.1. The molecular formula is C33H32FN. The number of aryl methyl sites for hydroxylation is 2. The van der Waals surface area contributed by atoms with E-state index < -0.39 is 0 Å². The van der Waals surface area contributed by atoms with E-state index in [0.29, 0.717) is 17.2 Å². The quantitative estimate of drug-likeness (QED) is 0.243. The Morgan fingerprint density at radius 1 is 0.686 bits per heavy atom. The topological polar surface area (TPSA) is 12.9 Å². The number of aromatic nitrogens is 1. The third kappa shape index (κ3) is 4.01. The second kappa shape index (κ2) is 8.92. The van der Waals surface area contributed by atoms with Crippen LogP contribution in [0.3, 0.4) is 0 Å². The highest BCUT2D eigenvalue weighted by molar-refractivity contribution is 6.17. The first kappa shape index (κ1) is 23.2. The van der Waals surface area contributed by atoms with E-state index in [-0.39, 0.29) is 5.82 Å². The molecule has 0 radical (unpaired) electrons. The van der Waals surface area contributed by atoms with Gasteiger partial charge in [-0.1, -0.05) is 81.3 Å². The van der Waals surface area contributed by atoms with Crippen LogP contribution in [0.2, 0.25) is 0 Å². The Morgan fingerprint density at radius 2 is 1.31 bits per heavy atom. The Balaban J connectivity index is 1.93. The monoisotopic (exact) mass is 461 g/mol. The summed E-state index contributed by atoms with van der Waals surface area (Å²) in [5.74, 6) is 0.515. The van der Waals surface area contributed by atoms with Crippen molar-refractivity contribution in [2.24, 2.45) is 0 Å². The van der Waals surface area contributed by atoms with E-state index in [9.17, 15) is 0 Å². The van der Waals surface area contributed by atoms with E-state index in [1.165, 1.54) is 27.8 Å². The molecule has 0 N–H and O–H groups in total. The molecule has 0 fully saturated rings. The summed E-state index contributed by atoms with van der Waals surface area (Å²) in [5, 5.41) is 3.70. The van der Waals surface area contributed by atoms with Gasteiger partial charge in [-0.05, 0) is 77.6 Å². The van der Waals surface area contributed by atoms with Gasteiger partial charge in [-0.25, -0.2) is 4.39 Å². The molecule has 0 spiro atoms. The molecule has 2 heteroatoms. The standard InChI is InChI=1S/C33H32FN/c1-19(2)24-8-7-9-25(20(3)4)31(24)29-12-13-30(34)28-11-10-27-26(32(28)29)14-15-35-33(27)23-17-21(5)16-22(6)18-23/h7-20H,1-6H3. The summed E-state index contributed by atoms with van der Waals surface area (Å²) in [6, 6.07) is 22.7. The molecule has 5 rings (SSSR count). The van der Waals surface area contributed by atoms with Gasteiger partial charge in [-0.3, -0.25) is 4.98 Å². The molecule has 0 saturated heterocycles. The summed E-state index contributed by atoms with van der Waals surface area (Å²) in [5.41, 5.74) is 9.37. The lowest BCUT2D eigenvalue weighted by Crippen LogP contribution is -2.01. The minimum absolute atomic E-state index is 0.191. The lowest BCUT2D eigenvalue weighted by Gasteiger charge is -2.22. The fourth-order valence-corrected chi connectivity index (χ4v) is 5.49. The van der Waals surface area contributed by atoms with Crippen LogP contribution in [0.4, 0.5) is 4.39 Å². The van der Waals surface area contributed by atoms with Crippen molar-refractivity contribution < 1.29 is 4.39 Å². The number of benzene rings is 4. The molecule has 176 valence electrons. The van der Waals surface area contributed by atoms with Gasteiger partial charge in [0.05, 0.1) is 5.69 Å². The van der Waals surface area contributed by atoms with Crippen molar-refractivity contribution in [2.75, 3.05) is 0 Å². The third-order valence-electron chi connectivity index (χ3n) is 7.01. The van der Waals surface area contributed by atoms with Crippen molar-refractivity contribution in [1.82, 2.24) is 4.98 Å². The molecule has 0 aliphatic rings. The summed E-state index contributed by atoms with van der Waals surface area (Å²) < 4.78 is 15.2. The number of hydrogen-bond acceptors (Lipinski definition) is 1. The summed E-state index contributed by atoms with van der Waals surface area (Å²) in [6.45, 7) is 13.1. The number of fused-ring (bicyclic) bond motifs is 3. The predicted octanol–water partition coefficient (Wildman–Crippen LogP) is 9.72. The zero-order valence-electron chi connectivity index (χ0n) is 21.4. The van der Waals surface area contributed by atoms with E-state index in [0.717, 1.165) is 33.0 Å². The molecule has 0 aliphatic heterocycles. The zero-order valence-corrected chi connectivity index (χ0v) is 21.4. The van der Waals surface area contributed by atoms with Crippen LogP contribution in [0.1, 0.15) is 61.8 Å². The molecule has 4 aromatic carbocycles. The Hall–Kier alpha value is -3.52. The van der Waals surface area contributed by atoms with Crippen molar-refractivity contribution in [3.05, 3.63) is 101 Å². The van der Waals surface area contributed by atoms with E-state index in [4.69, 9.17) is 4.98 Å².